The van der Waals surface area contributed by atoms with Crippen LogP contribution in [0.2, 0.25) is 0 Å². The van der Waals surface area contributed by atoms with Gasteiger partial charge in [-0.1, -0.05) is 38.9 Å². The van der Waals surface area contributed by atoms with Crippen molar-refractivity contribution in [2.75, 3.05) is 18.0 Å². The molecule has 1 aromatic rings. The Morgan fingerprint density at radius 1 is 1.39 bits per heavy atom. The van der Waals surface area contributed by atoms with Crippen LogP contribution in [-0.2, 0) is 0 Å². The molecule has 0 radical (unpaired) electrons. The van der Waals surface area contributed by atoms with Crippen LogP contribution >= 0.6 is 12.2 Å². The third-order valence-corrected chi connectivity index (χ3v) is 3.60. The van der Waals surface area contributed by atoms with Gasteiger partial charge in [-0.25, -0.2) is 4.98 Å². The topological polar surface area (TPSA) is 42.1 Å². The van der Waals surface area contributed by atoms with E-state index < -0.39 is 0 Å². The molecule has 100 valence electrons. The normalized spacial score (nSPS) is 10.7. The summed E-state index contributed by atoms with van der Waals surface area (Å²) in [6.45, 7) is 8.61. The second kappa shape index (κ2) is 7.31. The van der Waals surface area contributed by atoms with Gasteiger partial charge in [0.2, 0.25) is 0 Å². The predicted octanol–water partition coefficient (Wildman–Crippen LogP) is 2.98. The average Bonchev–Trinajstić information content (AvgIpc) is 2.40. The molecule has 1 aromatic heterocycles. The van der Waals surface area contributed by atoms with Crippen LogP contribution in [0.3, 0.4) is 0 Å². The summed E-state index contributed by atoms with van der Waals surface area (Å²) >= 11 is 5.01. The lowest BCUT2D eigenvalue weighted by Crippen LogP contribution is -2.30. The van der Waals surface area contributed by atoms with Gasteiger partial charge in [-0.05, 0) is 25.0 Å². The Labute approximate surface area is 115 Å². The number of thiocarbonyl (C=S) groups is 1. The minimum Gasteiger partial charge on any atom is -0.389 e. The maximum atomic E-state index is 5.66. The van der Waals surface area contributed by atoms with Crippen LogP contribution in [0.4, 0.5) is 5.82 Å². The average molecular weight is 265 g/mol. The van der Waals surface area contributed by atoms with E-state index in [4.69, 9.17) is 18.0 Å². The molecule has 0 aliphatic carbocycles. The lowest BCUT2D eigenvalue weighted by Gasteiger charge is -2.26. The van der Waals surface area contributed by atoms with Crippen molar-refractivity contribution in [2.45, 2.75) is 33.6 Å². The lowest BCUT2D eigenvalue weighted by molar-refractivity contribution is 0.484. The molecule has 0 unspecified atom stereocenters. The van der Waals surface area contributed by atoms with Crippen molar-refractivity contribution < 1.29 is 0 Å². The molecule has 4 heteroatoms. The Kier molecular flexibility index (Phi) is 6.05. The molecular formula is C14H23N3S. The van der Waals surface area contributed by atoms with Gasteiger partial charge in [-0.2, -0.15) is 0 Å². The van der Waals surface area contributed by atoms with Crippen molar-refractivity contribution in [1.29, 1.82) is 0 Å². The molecule has 0 fully saturated rings. The molecule has 2 N–H and O–H groups in total. The fraction of sp³-hybridized carbons (Fsp3) is 0.571. The zero-order valence-corrected chi connectivity index (χ0v) is 12.3. The highest BCUT2D eigenvalue weighted by atomic mass is 32.1. The zero-order chi connectivity index (χ0) is 13.5. The number of rotatable bonds is 7. The van der Waals surface area contributed by atoms with Gasteiger partial charge >= 0.3 is 0 Å². The third kappa shape index (κ3) is 3.95. The maximum Gasteiger partial charge on any atom is 0.129 e. The molecule has 0 amide bonds. The van der Waals surface area contributed by atoms with E-state index >= 15 is 0 Å². The predicted molar refractivity (Wildman–Crippen MR) is 82.1 cm³/mol. The number of nitrogens with two attached hydrogens (primary N) is 1. The van der Waals surface area contributed by atoms with Gasteiger partial charge in [-0.3, -0.25) is 0 Å². The van der Waals surface area contributed by atoms with E-state index in [0.29, 0.717) is 10.9 Å². The van der Waals surface area contributed by atoms with Gasteiger partial charge in [0.15, 0.2) is 0 Å². The van der Waals surface area contributed by atoms with Gasteiger partial charge in [0, 0.05) is 24.8 Å². The largest absolute Gasteiger partial charge is 0.389 e. The Balaban J connectivity index is 2.87. The van der Waals surface area contributed by atoms with Crippen molar-refractivity contribution in [3.05, 3.63) is 23.9 Å². The molecule has 3 nitrogen and oxygen atoms in total. The Hall–Kier alpha value is -1.16. The van der Waals surface area contributed by atoms with E-state index in [1.807, 2.05) is 12.1 Å². The number of aromatic nitrogens is 1. The maximum absolute atomic E-state index is 5.66. The van der Waals surface area contributed by atoms with Crippen LogP contribution in [-0.4, -0.2) is 23.1 Å². The minimum absolute atomic E-state index is 0.428. The molecule has 0 aliphatic rings. The number of hydrogen-bond acceptors (Lipinski definition) is 3. The highest BCUT2D eigenvalue weighted by Crippen LogP contribution is 2.17. The molecule has 1 heterocycles. The second-order valence-corrected chi connectivity index (χ2v) is 4.93. The summed E-state index contributed by atoms with van der Waals surface area (Å²) in [4.78, 5) is 7.14. The fourth-order valence-electron chi connectivity index (χ4n) is 1.99. The highest BCUT2D eigenvalue weighted by Gasteiger charge is 2.12. The van der Waals surface area contributed by atoms with Gasteiger partial charge < -0.3 is 10.6 Å². The van der Waals surface area contributed by atoms with Crippen LogP contribution < -0.4 is 10.6 Å². The van der Waals surface area contributed by atoms with Crippen molar-refractivity contribution in [2.24, 2.45) is 11.7 Å². The Morgan fingerprint density at radius 3 is 2.56 bits per heavy atom. The smallest absolute Gasteiger partial charge is 0.129 e. The van der Waals surface area contributed by atoms with E-state index in [2.05, 4.69) is 30.7 Å². The quantitative estimate of drug-likeness (QED) is 0.770. The fourth-order valence-corrected chi connectivity index (χ4v) is 2.11. The van der Waals surface area contributed by atoms with Crippen molar-refractivity contribution in [3.63, 3.8) is 0 Å². The summed E-state index contributed by atoms with van der Waals surface area (Å²) in [5.41, 5.74) is 6.55. The van der Waals surface area contributed by atoms with Crippen LogP contribution in [0.15, 0.2) is 18.3 Å². The molecule has 0 bridgehead atoms. The van der Waals surface area contributed by atoms with E-state index in [9.17, 15) is 0 Å². The molecule has 1 rings (SSSR count). The SMILES string of the molecule is CCC(CC)CN(CC)c1cc(C(N)=S)ccn1. The molecule has 0 saturated heterocycles. The summed E-state index contributed by atoms with van der Waals surface area (Å²) in [5, 5.41) is 0. The van der Waals surface area contributed by atoms with Crippen molar-refractivity contribution in [1.82, 2.24) is 4.98 Å². The first-order chi connectivity index (χ1) is 8.62. The van der Waals surface area contributed by atoms with E-state index in [0.717, 1.165) is 24.5 Å². The molecular weight excluding hydrogens is 242 g/mol. The number of nitrogens with zero attached hydrogens (tertiary/aromatic N) is 2. The zero-order valence-electron chi connectivity index (χ0n) is 11.5. The van der Waals surface area contributed by atoms with Gasteiger partial charge in [0.25, 0.3) is 0 Å². The first kappa shape index (κ1) is 14.9. The summed E-state index contributed by atoms with van der Waals surface area (Å²) in [5.74, 6) is 1.68. The van der Waals surface area contributed by atoms with Crippen LogP contribution in [0.1, 0.15) is 39.2 Å². The van der Waals surface area contributed by atoms with E-state index in [-0.39, 0.29) is 0 Å². The Bertz CT molecular complexity index is 388. The van der Waals surface area contributed by atoms with Gasteiger partial charge in [0.1, 0.15) is 10.8 Å². The molecule has 0 saturated carbocycles. The monoisotopic (exact) mass is 265 g/mol. The highest BCUT2D eigenvalue weighted by molar-refractivity contribution is 7.80. The van der Waals surface area contributed by atoms with E-state index in [1.54, 1.807) is 6.20 Å². The minimum atomic E-state index is 0.428. The molecule has 0 spiro atoms. The van der Waals surface area contributed by atoms with Crippen LogP contribution in [0.25, 0.3) is 0 Å². The molecule has 0 atom stereocenters. The number of hydrogen-bond donors (Lipinski definition) is 1. The number of anilines is 1. The molecule has 0 aliphatic heterocycles. The van der Waals surface area contributed by atoms with Crippen LogP contribution in [0.5, 0.6) is 0 Å². The molecule has 0 aromatic carbocycles. The Morgan fingerprint density at radius 2 is 2.06 bits per heavy atom. The van der Waals surface area contributed by atoms with Crippen molar-refractivity contribution >= 4 is 23.0 Å². The van der Waals surface area contributed by atoms with E-state index in [1.165, 1.54) is 12.8 Å². The first-order valence-electron chi connectivity index (χ1n) is 6.63. The lowest BCUT2D eigenvalue weighted by atomic mass is 10.0. The standard InChI is InChI=1S/C14H23N3S/c1-4-11(5-2)10-17(6-3)13-9-12(14(15)18)7-8-16-13/h7-9,11H,4-6,10H2,1-3H3,(H2,15,18). The van der Waals surface area contributed by atoms with Gasteiger partial charge in [-0.15, -0.1) is 0 Å². The summed E-state index contributed by atoms with van der Waals surface area (Å²) in [6.07, 6.45) is 4.17. The third-order valence-electron chi connectivity index (χ3n) is 3.37. The molecule has 18 heavy (non-hydrogen) atoms. The summed E-state index contributed by atoms with van der Waals surface area (Å²) in [7, 11) is 0. The summed E-state index contributed by atoms with van der Waals surface area (Å²) < 4.78 is 0. The first-order valence-corrected chi connectivity index (χ1v) is 7.03. The van der Waals surface area contributed by atoms with Crippen LogP contribution in [0, 0.1) is 5.92 Å². The number of pyridine rings is 1. The van der Waals surface area contributed by atoms with Crippen molar-refractivity contribution in [3.8, 4) is 0 Å². The second-order valence-electron chi connectivity index (χ2n) is 4.49. The summed E-state index contributed by atoms with van der Waals surface area (Å²) in [6, 6.07) is 3.84. The van der Waals surface area contributed by atoms with Gasteiger partial charge in [0.05, 0.1) is 0 Å².